The van der Waals surface area contributed by atoms with Crippen molar-refractivity contribution < 1.29 is 38.1 Å². The van der Waals surface area contributed by atoms with Crippen molar-refractivity contribution in [2.75, 3.05) is 12.4 Å². The number of hydrogen-bond donors (Lipinski definition) is 1. The van der Waals surface area contributed by atoms with Crippen molar-refractivity contribution in [1.29, 1.82) is 0 Å². The average molecular weight is 500 g/mol. The molecule has 0 spiro atoms. The third kappa shape index (κ3) is 11.2. The predicted octanol–water partition coefficient (Wildman–Crippen LogP) is 3.07. The Labute approximate surface area is 206 Å². The van der Waals surface area contributed by atoms with E-state index in [1.165, 1.54) is 50.6 Å². The summed E-state index contributed by atoms with van der Waals surface area (Å²) in [4.78, 5) is 47.0. The zero-order valence-corrected chi connectivity index (χ0v) is 21.9. The molecule has 34 heavy (non-hydrogen) atoms. The van der Waals surface area contributed by atoms with Crippen LogP contribution in [0.2, 0.25) is 0 Å². The lowest BCUT2D eigenvalue weighted by molar-refractivity contribution is -0.211. The van der Waals surface area contributed by atoms with E-state index in [-0.39, 0.29) is 12.5 Å². The van der Waals surface area contributed by atoms with Crippen molar-refractivity contribution in [1.82, 2.24) is 5.32 Å². The summed E-state index contributed by atoms with van der Waals surface area (Å²) >= 11 is 1.40. The molecule has 0 saturated carbocycles. The Morgan fingerprint density at radius 2 is 1.50 bits per heavy atom. The molecular weight excluding hydrogens is 462 g/mol. The van der Waals surface area contributed by atoms with E-state index >= 15 is 0 Å². The molecule has 0 aromatic rings. The SMILES string of the molecule is CC(=O)NC1C(SC/C=C(\C)CCC=C(C)C)OC(COC(C)=O)C(OC(C)=O)C1OC(C)=O. The number of amides is 1. The van der Waals surface area contributed by atoms with E-state index in [0.29, 0.717) is 5.75 Å². The van der Waals surface area contributed by atoms with Crippen LogP contribution in [-0.2, 0) is 38.1 Å². The minimum Gasteiger partial charge on any atom is -0.463 e. The summed E-state index contributed by atoms with van der Waals surface area (Å²) in [5.41, 5.74) is 1.83. The standard InChI is InChI=1S/C24H37NO8S/c1-14(2)9-8-10-15(3)11-12-34-24-21(25-16(4)26)23(32-19(7)29)22(31-18(6)28)20(33-24)13-30-17(5)27/h9,11,20-24H,8,10,12-13H2,1-7H3,(H,25,26)/b15-11+. The number of esters is 3. The summed E-state index contributed by atoms with van der Waals surface area (Å²) in [6.45, 7) is 11.0. The van der Waals surface area contributed by atoms with Gasteiger partial charge in [-0.2, -0.15) is 0 Å². The van der Waals surface area contributed by atoms with Gasteiger partial charge in [-0.1, -0.05) is 23.3 Å². The number of ether oxygens (including phenoxy) is 4. The van der Waals surface area contributed by atoms with Gasteiger partial charge in [-0.25, -0.2) is 0 Å². The van der Waals surface area contributed by atoms with E-state index in [9.17, 15) is 19.2 Å². The fraction of sp³-hybridized carbons (Fsp3) is 0.667. The molecule has 1 aliphatic rings. The first-order valence-electron chi connectivity index (χ1n) is 11.2. The number of nitrogens with one attached hydrogen (secondary N) is 1. The Hall–Kier alpha value is -2.33. The molecule has 0 bridgehead atoms. The van der Waals surface area contributed by atoms with Gasteiger partial charge in [-0.05, 0) is 33.6 Å². The quantitative estimate of drug-likeness (QED) is 0.260. The van der Waals surface area contributed by atoms with Gasteiger partial charge < -0.3 is 24.3 Å². The van der Waals surface area contributed by atoms with Crippen LogP contribution in [-0.4, -0.2) is 66.0 Å². The maximum atomic E-state index is 12.0. The molecule has 1 amide bonds. The van der Waals surface area contributed by atoms with E-state index in [1.807, 2.05) is 6.92 Å². The second-order valence-corrected chi connectivity index (χ2v) is 9.56. The highest BCUT2D eigenvalue weighted by molar-refractivity contribution is 7.99. The van der Waals surface area contributed by atoms with E-state index in [0.717, 1.165) is 12.8 Å². The maximum absolute atomic E-state index is 12.0. The smallest absolute Gasteiger partial charge is 0.303 e. The molecule has 0 aromatic heterocycles. The lowest BCUT2D eigenvalue weighted by Crippen LogP contribution is -2.65. The maximum Gasteiger partial charge on any atom is 0.303 e. The molecule has 0 aliphatic carbocycles. The van der Waals surface area contributed by atoms with Gasteiger partial charge in [0.25, 0.3) is 0 Å². The fourth-order valence-electron chi connectivity index (χ4n) is 3.41. The molecule has 10 heteroatoms. The summed E-state index contributed by atoms with van der Waals surface area (Å²) in [5.74, 6) is -1.54. The minimum absolute atomic E-state index is 0.202. The van der Waals surface area contributed by atoms with E-state index in [4.69, 9.17) is 18.9 Å². The topological polar surface area (TPSA) is 117 Å². The molecular formula is C24H37NO8S. The van der Waals surface area contributed by atoms with Crippen molar-refractivity contribution in [3.05, 3.63) is 23.3 Å². The first-order chi connectivity index (χ1) is 15.9. The molecule has 0 radical (unpaired) electrons. The number of hydrogen-bond acceptors (Lipinski definition) is 9. The Morgan fingerprint density at radius 1 is 0.882 bits per heavy atom. The van der Waals surface area contributed by atoms with Crippen LogP contribution in [0.3, 0.4) is 0 Å². The Kier molecular flexibility index (Phi) is 13.0. The van der Waals surface area contributed by atoms with Gasteiger partial charge in [0.15, 0.2) is 12.2 Å². The first kappa shape index (κ1) is 29.7. The normalized spacial score (nSPS) is 24.6. The van der Waals surface area contributed by atoms with Gasteiger partial charge in [0.2, 0.25) is 5.91 Å². The summed E-state index contributed by atoms with van der Waals surface area (Å²) < 4.78 is 22.1. The second-order valence-electron chi connectivity index (χ2n) is 8.42. The molecule has 5 atom stereocenters. The Balaban J connectivity index is 3.15. The van der Waals surface area contributed by atoms with Gasteiger partial charge in [0.1, 0.15) is 24.2 Å². The third-order valence-corrected chi connectivity index (χ3v) is 5.95. The molecule has 9 nitrogen and oxygen atoms in total. The molecule has 1 saturated heterocycles. The van der Waals surface area contributed by atoms with Crippen LogP contribution in [0.4, 0.5) is 0 Å². The lowest BCUT2D eigenvalue weighted by Gasteiger charge is -2.45. The summed E-state index contributed by atoms with van der Waals surface area (Å²) in [5, 5.41) is 2.77. The molecule has 0 aromatic carbocycles. The van der Waals surface area contributed by atoms with Crippen molar-refractivity contribution in [2.24, 2.45) is 0 Å². The van der Waals surface area contributed by atoms with Crippen LogP contribution in [0.5, 0.6) is 0 Å². The fourth-order valence-corrected chi connectivity index (χ4v) is 4.63. The predicted molar refractivity (Wildman–Crippen MR) is 129 cm³/mol. The van der Waals surface area contributed by atoms with Gasteiger partial charge in [-0.3, -0.25) is 19.2 Å². The Morgan fingerprint density at radius 3 is 2.03 bits per heavy atom. The van der Waals surface area contributed by atoms with Gasteiger partial charge >= 0.3 is 17.9 Å². The number of rotatable bonds is 11. The van der Waals surface area contributed by atoms with Crippen molar-refractivity contribution in [3.63, 3.8) is 0 Å². The minimum atomic E-state index is -1.07. The summed E-state index contributed by atoms with van der Waals surface area (Å²) in [6.07, 6.45) is 3.15. The van der Waals surface area contributed by atoms with Crippen LogP contribution >= 0.6 is 11.8 Å². The average Bonchev–Trinajstić information content (AvgIpc) is 2.69. The molecule has 1 N–H and O–H groups in total. The highest BCUT2D eigenvalue weighted by atomic mass is 32.2. The van der Waals surface area contributed by atoms with Crippen LogP contribution < -0.4 is 5.32 Å². The van der Waals surface area contributed by atoms with Crippen LogP contribution in [0.1, 0.15) is 61.3 Å². The Bertz CT molecular complexity index is 790. The zero-order valence-electron chi connectivity index (χ0n) is 21.0. The van der Waals surface area contributed by atoms with Crippen molar-refractivity contribution >= 4 is 35.6 Å². The van der Waals surface area contributed by atoms with Gasteiger partial charge in [0, 0.05) is 33.4 Å². The highest BCUT2D eigenvalue weighted by Gasteiger charge is 2.50. The monoisotopic (exact) mass is 499 g/mol. The van der Waals surface area contributed by atoms with E-state index in [1.54, 1.807) is 0 Å². The second kappa shape index (κ2) is 14.8. The van der Waals surface area contributed by atoms with Crippen LogP contribution in [0.15, 0.2) is 23.3 Å². The molecule has 1 fully saturated rings. The van der Waals surface area contributed by atoms with E-state index in [2.05, 4.69) is 31.3 Å². The molecule has 1 heterocycles. The molecule has 1 rings (SSSR count). The zero-order chi connectivity index (χ0) is 25.8. The lowest BCUT2D eigenvalue weighted by atomic mass is 9.97. The summed E-state index contributed by atoms with van der Waals surface area (Å²) in [6, 6.07) is -0.788. The molecule has 5 unspecified atom stereocenters. The van der Waals surface area contributed by atoms with Crippen LogP contribution in [0.25, 0.3) is 0 Å². The highest BCUT2D eigenvalue weighted by Crippen LogP contribution is 2.33. The first-order valence-corrected chi connectivity index (χ1v) is 12.3. The van der Waals surface area contributed by atoms with Crippen molar-refractivity contribution in [3.8, 4) is 0 Å². The third-order valence-electron chi connectivity index (χ3n) is 4.85. The number of thioether (sulfide) groups is 1. The summed E-state index contributed by atoms with van der Waals surface area (Å²) in [7, 11) is 0. The number of carbonyl (C=O) groups excluding carboxylic acids is 4. The van der Waals surface area contributed by atoms with Crippen molar-refractivity contribution in [2.45, 2.75) is 91.1 Å². The molecule has 192 valence electrons. The van der Waals surface area contributed by atoms with Crippen LogP contribution in [0, 0.1) is 0 Å². The van der Waals surface area contributed by atoms with Gasteiger partial charge in [0.05, 0.1) is 0 Å². The number of carbonyl (C=O) groups is 4. The molecule has 1 aliphatic heterocycles. The largest absolute Gasteiger partial charge is 0.463 e. The van der Waals surface area contributed by atoms with E-state index < -0.39 is 47.7 Å². The van der Waals surface area contributed by atoms with Gasteiger partial charge in [-0.15, -0.1) is 11.8 Å². The number of allylic oxidation sites excluding steroid dienone is 3.